The van der Waals surface area contributed by atoms with Gasteiger partial charge < -0.3 is 10.1 Å². The maximum atomic E-state index is 5.37. The van der Waals surface area contributed by atoms with E-state index in [-0.39, 0.29) is 0 Å². The lowest BCUT2D eigenvalue weighted by Gasteiger charge is -2.32. The van der Waals surface area contributed by atoms with Crippen molar-refractivity contribution in [3.63, 3.8) is 0 Å². The molecule has 0 bridgehead atoms. The van der Waals surface area contributed by atoms with Crippen LogP contribution in [-0.2, 0) is 4.74 Å². The zero-order chi connectivity index (χ0) is 9.80. The van der Waals surface area contributed by atoms with Gasteiger partial charge in [0.2, 0.25) is 0 Å². The predicted octanol–water partition coefficient (Wildman–Crippen LogP) is 2.33. The van der Waals surface area contributed by atoms with Gasteiger partial charge in [-0.1, -0.05) is 6.92 Å². The summed E-state index contributed by atoms with van der Waals surface area (Å²) in [6.07, 6.45) is 8.04. The molecule has 82 valence electrons. The van der Waals surface area contributed by atoms with Crippen LogP contribution in [0.3, 0.4) is 0 Å². The minimum atomic E-state index is 0.738. The summed E-state index contributed by atoms with van der Waals surface area (Å²) >= 11 is 0. The minimum Gasteiger partial charge on any atom is -0.381 e. The Kier molecular flexibility index (Phi) is 3.82. The van der Waals surface area contributed by atoms with Gasteiger partial charge >= 0.3 is 0 Å². The fraction of sp³-hybridized carbons (Fsp3) is 1.00. The van der Waals surface area contributed by atoms with Crippen molar-refractivity contribution in [2.75, 3.05) is 13.2 Å². The Hall–Kier alpha value is -0.0800. The Morgan fingerprint density at radius 1 is 0.857 bits per heavy atom. The normalized spacial score (nSPS) is 35.8. The monoisotopic (exact) mass is 197 g/mol. The van der Waals surface area contributed by atoms with Crippen molar-refractivity contribution >= 4 is 0 Å². The van der Waals surface area contributed by atoms with Crippen molar-refractivity contribution in [2.24, 2.45) is 5.92 Å². The standard InChI is InChI=1S/C12H23NO/c1-10-2-4-11(5-3-10)13-12-6-8-14-9-7-12/h10-13H,2-9H2,1H3. The molecule has 0 atom stereocenters. The molecule has 2 aliphatic rings. The third-order valence-corrected chi connectivity index (χ3v) is 3.71. The molecule has 0 spiro atoms. The lowest BCUT2D eigenvalue weighted by Crippen LogP contribution is -2.43. The van der Waals surface area contributed by atoms with E-state index in [4.69, 9.17) is 4.74 Å². The highest BCUT2D eigenvalue weighted by Gasteiger charge is 2.21. The molecule has 1 saturated carbocycles. The van der Waals surface area contributed by atoms with Gasteiger partial charge in [-0.15, -0.1) is 0 Å². The molecule has 1 N–H and O–H groups in total. The van der Waals surface area contributed by atoms with Crippen LogP contribution >= 0.6 is 0 Å². The highest BCUT2D eigenvalue weighted by Crippen LogP contribution is 2.24. The summed E-state index contributed by atoms with van der Waals surface area (Å²) in [6, 6.07) is 1.54. The van der Waals surface area contributed by atoms with Gasteiger partial charge in [-0.2, -0.15) is 0 Å². The molecule has 2 fully saturated rings. The zero-order valence-corrected chi connectivity index (χ0v) is 9.30. The number of hydrogen-bond acceptors (Lipinski definition) is 2. The molecule has 0 aromatic rings. The van der Waals surface area contributed by atoms with E-state index in [2.05, 4.69) is 12.2 Å². The van der Waals surface area contributed by atoms with Crippen LogP contribution in [-0.4, -0.2) is 25.3 Å². The lowest BCUT2D eigenvalue weighted by molar-refractivity contribution is 0.0724. The third kappa shape index (κ3) is 2.96. The summed E-state index contributed by atoms with van der Waals surface area (Å²) in [6.45, 7) is 4.30. The van der Waals surface area contributed by atoms with Crippen molar-refractivity contribution in [1.82, 2.24) is 5.32 Å². The van der Waals surface area contributed by atoms with Crippen LogP contribution in [0.15, 0.2) is 0 Å². The molecule has 1 heterocycles. The Bertz CT molecular complexity index is 158. The molecule has 2 heteroatoms. The first-order valence-corrected chi connectivity index (χ1v) is 6.18. The third-order valence-electron chi connectivity index (χ3n) is 3.71. The van der Waals surface area contributed by atoms with Crippen LogP contribution in [0.4, 0.5) is 0 Å². The van der Waals surface area contributed by atoms with Gasteiger partial charge in [-0.05, 0) is 44.4 Å². The smallest absolute Gasteiger partial charge is 0.0480 e. The highest BCUT2D eigenvalue weighted by atomic mass is 16.5. The molecule has 0 unspecified atom stereocenters. The summed E-state index contributed by atoms with van der Waals surface area (Å²) in [5, 5.41) is 3.80. The first-order chi connectivity index (χ1) is 6.84. The van der Waals surface area contributed by atoms with E-state index in [1.807, 2.05) is 0 Å². The topological polar surface area (TPSA) is 21.3 Å². The maximum Gasteiger partial charge on any atom is 0.0480 e. The Labute approximate surface area is 87.4 Å². The van der Waals surface area contributed by atoms with E-state index in [1.54, 1.807) is 0 Å². The first-order valence-electron chi connectivity index (χ1n) is 6.18. The van der Waals surface area contributed by atoms with E-state index < -0.39 is 0 Å². The van der Waals surface area contributed by atoms with Crippen LogP contribution in [0, 0.1) is 5.92 Å². The van der Waals surface area contributed by atoms with Gasteiger partial charge in [0.15, 0.2) is 0 Å². The van der Waals surface area contributed by atoms with Crippen LogP contribution in [0.25, 0.3) is 0 Å². The molecule has 0 amide bonds. The van der Waals surface area contributed by atoms with Crippen LogP contribution in [0.2, 0.25) is 0 Å². The fourth-order valence-electron chi connectivity index (χ4n) is 2.62. The fourth-order valence-corrected chi connectivity index (χ4v) is 2.62. The molecule has 1 aliphatic heterocycles. The Balaban J connectivity index is 1.68. The second-order valence-electron chi connectivity index (χ2n) is 5.01. The molecule has 1 aliphatic carbocycles. The summed E-state index contributed by atoms with van der Waals surface area (Å²) in [5.41, 5.74) is 0. The Morgan fingerprint density at radius 2 is 1.43 bits per heavy atom. The highest BCUT2D eigenvalue weighted by molar-refractivity contribution is 4.80. The summed E-state index contributed by atoms with van der Waals surface area (Å²) in [5.74, 6) is 0.961. The van der Waals surface area contributed by atoms with Gasteiger partial charge in [-0.25, -0.2) is 0 Å². The quantitative estimate of drug-likeness (QED) is 0.733. The van der Waals surface area contributed by atoms with Gasteiger partial charge in [-0.3, -0.25) is 0 Å². The van der Waals surface area contributed by atoms with Crippen molar-refractivity contribution in [3.8, 4) is 0 Å². The lowest BCUT2D eigenvalue weighted by atomic mass is 9.87. The molecule has 2 rings (SSSR count). The number of nitrogens with one attached hydrogen (secondary N) is 1. The molecular formula is C12H23NO. The molecule has 14 heavy (non-hydrogen) atoms. The zero-order valence-electron chi connectivity index (χ0n) is 9.30. The molecule has 1 saturated heterocycles. The average molecular weight is 197 g/mol. The van der Waals surface area contributed by atoms with Gasteiger partial charge in [0.05, 0.1) is 0 Å². The van der Waals surface area contributed by atoms with E-state index in [1.165, 1.54) is 38.5 Å². The van der Waals surface area contributed by atoms with Gasteiger partial charge in [0, 0.05) is 25.3 Å². The molecule has 2 nitrogen and oxygen atoms in total. The maximum absolute atomic E-state index is 5.37. The van der Waals surface area contributed by atoms with E-state index in [9.17, 15) is 0 Å². The second-order valence-corrected chi connectivity index (χ2v) is 5.01. The largest absolute Gasteiger partial charge is 0.381 e. The number of rotatable bonds is 2. The number of ether oxygens (including phenoxy) is 1. The van der Waals surface area contributed by atoms with Crippen LogP contribution in [0.1, 0.15) is 45.4 Å². The van der Waals surface area contributed by atoms with Gasteiger partial charge in [0.1, 0.15) is 0 Å². The SMILES string of the molecule is CC1CCC(NC2CCOCC2)CC1. The van der Waals surface area contributed by atoms with E-state index in [0.717, 1.165) is 31.2 Å². The number of hydrogen-bond donors (Lipinski definition) is 1. The van der Waals surface area contributed by atoms with Crippen molar-refractivity contribution in [1.29, 1.82) is 0 Å². The molecule has 0 radical (unpaired) electrons. The van der Waals surface area contributed by atoms with Gasteiger partial charge in [0.25, 0.3) is 0 Å². The minimum absolute atomic E-state index is 0.738. The van der Waals surface area contributed by atoms with Crippen molar-refractivity contribution in [2.45, 2.75) is 57.5 Å². The first kappa shape index (κ1) is 10.4. The second kappa shape index (κ2) is 5.13. The summed E-state index contributed by atoms with van der Waals surface area (Å²) in [7, 11) is 0. The van der Waals surface area contributed by atoms with Crippen molar-refractivity contribution in [3.05, 3.63) is 0 Å². The summed E-state index contributed by atoms with van der Waals surface area (Å²) < 4.78 is 5.37. The molecule has 0 aromatic heterocycles. The Morgan fingerprint density at radius 3 is 2.07 bits per heavy atom. The van der Waals surface area contributed by atoms with Crippen molar-refractivity contribution < 1.29 is 4.74 Å². The predicted molar refractivity (Wildman–Crippen MR) is 58.4 cm³/mol. The molecule has 0 aromatic carbocycles. The molecular weight excluding hydrogens is 174 g/mol. The van der Waals surface area contributed by atoms with E-state index in [0.29, 0.717) is 0 Å². The van der Waals surface area contributed by atoms with Crippen LogP contribution in [0.5, 0.6) is 0 Å². The average Bonchev–Trinajstić information content (AvgIpc) is 2.23. The summed E-state index contributed by atoms with van der Waals surface area (Å²) in [4.78, 5) is 0. The van der Waals surface area contributed by atoms with E-state index >= 15 is 0 Å². The van der Waals surface area contributed by atoms with Crippen LogP contribution < -0.4 is 5.32 Å².